The van der Waals surface area contributed by atoms with Crippen molar-refractivity contribution in [2.24, 2.45) is 0 Å². The van der Waals surface area contributed by atoms with Crippen LogP contribution in [0.2, 0.25) is 0 Å². The Balaban J connectivity index is 2.14. The zero-order valence-electron chi connectivity index (χ0n) is 10.0. The van der Waals surface area contributed by atoms with Gasteiger partial charge in [-0.1, -0.05) is 12.1 Å². The number of aliphatic hydroxyl groups is 2. The van der Waals surface area contributed by atoms with Crippen molar-refractivity contribution in [3.8, 4) is 0 Å². The SMILES string of the molecule is CC(C)(O)[C@H](O)Cc1ccc2c(c1)NC(=O)C2. The van der Waals surface area contributed by atoms with Crippen LogP contribution in [0.5, 0.6) is 0 Å². The summed E-state index contributed by atoms with van der Waals surface area (Å²) in [4.78, 5) is 11.2. The Morgan fingerprint density at radius 1 is 1.47 bits per heavy atom. The van der Waals surface area contributed by atoms with Gasteiger partial charge in [0.05, 0.1) is 18.1 Å². The molecule has 0 unspecified atom stereocenters. The number of nitrogens with one attached hydrogen (secondary N) is 1. The molecule has 0 aliphatic carbocycles. The van der Waals surface area contributed by atoms with E-state index >= 15 is 0 Å². The second-order valence-electron chi connectivity index (χ2n) is 5.09. The molecule has 1 aromatic carbocycles. The Bertz CT molecular complexity index is 448. The second kappa shape index (κ2) is 4.13. The maximum atomic E-state index is 11.2. The van der Waals surface area contributed by atoms with Crippen LogP contribution in [0.3, 0.4) is 0 Å². The van der Waals surface area contributed by atoms with Crippen molar-refractivity contribution in [2.75, 3.05) is 5.32 Å². The fraction of sp³-hybridized carbons (Fsp3) is 0.462. The van der Waals surface area contributed by atoms with Crippen LogP contribution in [0.1, 0.15) is 25.0 Å². The zero-order valence-corrected chi connectivity index (χ0v) is 10.0. The van der Waals surface area contributed by atoms with Gasteiger partial charge in [0, 0.05) is 12.1 Å². The van der Waals surface area contributed by atoms with E-state index in [4.69, 9.17) is 0 Å². The van der Waals surface area contributed by atoms with Crippen molar-refractivity contribution >= 4 is 11.6 Å². The molecule has 4 nitrogen and oxygen atoms in total. The number of benzene rings is 1. The quantitative estimate of drug-likeness (QED) is 0.727. The van der Waals surface area contributed by atoms with E-state index in [9.17, 15) is 15.0 Å². The molecule has 3 N–H and O–H groups in total. The monoisotopic (exact) mass is 235 g/mol. The van der Waals surface area contributed by atoms with E-state index in [1.165, 1.54) is 0 Å². The van der Waals surface area contributed by atoms with Crippen LogP contribution in [0.4, 0.5) is 5.69 Å². The number of carbonyl (C=O) groups excluding carboxylic acids is 1. The van der Waals surface area contributed by atoms with Gasteiger partial charge in [-0.3, -0.25) is 4.79 Å². The van der Waals surface area contributed by atoms with Gasteiger partial charge in [0.2, 0.25) is 5.91 Å². The average molecular weight is 235 g/mol. The van der Waals surface area contributed by atoms with Gasteiger partial charge in [-0.05, 0) is 31.0 Å². The summed E-state index contributed by atoms with van der Waals surface area (Å²) >= 11 is 0. The van der Waals surface area contributed by atoms with Crippen LogP contribution in [0.15, 0.2) is 18.2 Å². The first-order valence-electron chi connectivity index (χ1n) is 5.68. The molecular formula is C13H17NO3. The fourth-order valence-corrected chi connectivity index (χ4v) is 1.86. The van der Waals surface area contributed by atoms with Crippen molar-refractivity contribution in [3.63, 3.8) is 0 Å². The van der Waals surface area contributed by atoms with E-state index in [1.807, 2.05) is 18.2 Å². The van der Waals surface area contributed by atoms with E-state index in [0.29, 0.717) is 12.8 Å². The molecular weight excluding hydrogens is 218 g/mol. The van der Waals surface area contributed by atoms with Crippen molar-refractivity contribution < 1.29 is 15.0 Å². The van der Waals surface area contributed by atoms with E-state index in [1.54, 1.807) is 13.8 Å². The maximum Gasteiger partial charge on any atom is 0.228 e. The number of carbonyl (C=O) groups is 1. The van der Waals surface area contributed by atoms with Crippen LogP contribution >= 0.6 is 0 Å². The molecule has 1 aliphatic rings. The smallest absolute Gasteiger partial charge is 0.228 e. The predicted octanol–water partition coefficient (Wildman–Crippen LogP) is 0.855. The molecule has 1 amide bonds. The molecule has 1 aromatic rings. The highest BCUT2D eigenvalue weighted by Crippen LogP contribution is 2.25. The fourth-order valence-electron chi connectivity index (χ4n) is 1.86. The molecule has 1 aliphatic heterocycles. The lowest BCUT2D eigenvalue weighted by Gasteiger charge is -2.24. The Morgan fingerprint density at radius 3 is 2.82 bits per heavy atom. The van der Waals surface area contributed by atoms with Crippen LogP contribution < -0.4 is 5.32 Å². The lowest BCUT2D eigenvalue weighted by atomic mass is 9.94. The van der Waals surface area contributed by atoms with Gasteiger partial charge in [0.1, 0.15) is 0 Å². The van der Waals surface area contributed by atoms with Crippen LogP contribution in [-0.2, 0) is 17.6 Å². The lowest BCUT2D eigenvalue weighted by Crippen LogP contribution is -2.37. The number of aliphatic hydroxyl groups excluding tert-OH is 1. The number of amides is 1. The second-order valence-corrected chi connectivity index (χ2v) is 5.09. The Kier molecular flexibility index (Phi) is 2.93. The minimum absolute atomic E-state index is 0.000173. The number of rotatable bonds is 3. The Hall–Kier alpha value is -1.39. The third-order valence-corrected chi connectivity index (χ3v) is 3.04. The largest absolute Gasteiger partial charge is 0.390 e. The number of anilines is 1. The molecule has 1 atom stereocenters. The topological polar surface area (TPSA) is 69.6 Å². The molecule has 92 valence electrons. The molecule has 0 spiro atoms. The summed E-state index contributed by atoms with van der Waals surface area (Å²) in [5, 5.41) is 22.2. The molecule has 0 radical (unpaired) electrons. The van der Waals surface area contributed by atoms with E-state index in [0.717, 1.165) is 16.8 Å². The Labute approximate surface area is 100 Å². The van der Waals surface area contributed by atoms with Crippen molar-refractivity contribution in [1.82, 2.24) is 0 Å². The maximum absolute atomic E-state index is 11.2. The average Bonchev–Trinajstić information content (AvgIpc) is 2.55. The molecule has 4 heteroatoms. The minimum atomic E-state index is -1.12. The third-order valence-electron chi connectivity index (χ3n) is 3.04. The first kappa shape index (κ1) is 12.1. The first-order chi connectivity index (χ1) is 7.86. The van der Waals surface area contributed by atoms with Gasteiger partial charge < -0.3 is 15.5 Å². The summed E-state index contributed by atoms with van der Waals surface area (Å²) < 4.78 is 0. The van der Waals surface area contributed by atoms with E-state index < -0.39 is 11.7 Å². The van der Waals surface area contributed by atoms with Crippen molar-refractivity contribution in [1.29, 1.82) is 0 Å². The van der Waals surface area contributed by atoms with E-state index in [-0.39, 0.29) is 5.91 Å². The molecule has 1 heterocycles. The van der Waals surface area contributed by atoms with Gasteiger partial charge >= 0.3 is 0 Å². The molecule has 17 heavy (non-hydrogen) atoms. The normalized spacial score (nSPS) is 16.6. The zero-order chi connectivity index (χ0) is 12.6. The molecule has 0 saturated carbocycles. The van der Waals surface area contributed by atoms with Crippen molar-refractivity contribution in [2.45, 2.75) is 38.4 Å². The predicted molar refractivity (Wildman–Crippen MR) is 64.8 cm³/mol. The first-order valence-corrected chi connectivity index (χ1v) is 5.68. The van der Waals surface area contributed by atoms with Gasteiger partial charge in [-0.25, -0.2) is 0 Å². The number of hydrogen-bond donors (Lipinski definition) is 3. The Morgan fingerprint density at radius 2 is 2.18 bits per heavy atom. The standard InChI is InChI=1S/C13H17NO3/c1-13(2,17)11(15)6-8-3-4-9-7-12(16)14-10(9)5-8/h3-5,11,15,17H,6-7H2,1-2H3,(H,14,16)/t11-/m1/s1. The highest BCUT2D eigenvalue weighted by molar-refractivity contribution is 5.99. The van der Waals surface area contributed by atoms with E-state index in [2.05, 4.69) is 5.32 Å². The van der Waals surface area contributed by atoms with Crippen LogP contribution in [-0.4, -0.2) is 27.8 Å². The summed E-state index contributed by atoms with van der Waals surface area (Å²) in [5.74, 6) is 0.000173. The number of hydrogen-bond acceptors (Lipinski definition) is 3. The highest BCUT2D eigenvalue weighted by atomic mass is 16.3. The highest BCUT2D eigenvalue weighted by Gasteiger charge is 2.25. The molecule has 0 bridgehead atoms. The summed E-state index contributed by atoms with van der Waals surface area (Å²) in [6.45, 7) is 3.15. The molecule has 0 saturated heterocycles. The molecule has 0 aromatic heterocycles. The van der Waals surface area contributed by atoms with Gasteiger partial charge in [0.15, 0.2) is 0 Å². The van der Waals surface area contributed by atoms with Crippen LogP contribution in [0, 0.1) is 0 Å². The summed E-state index contributed by atoms with van der Waals surface area (Å²) in [5.41, 5.74) is 1.58. The summed E-state index contributed by atoms with van der Waals surface area (Å²) in [6.07, 6.45) is -0.0336. The summed E-state index contributed by atoms with van der Waals surface area (Å²) in [6, 6.07) is 5.63. The third kappa shape index (κ3) is 2.65. The van der Waals surface area contributed by atoms with Gasteiger partial charge in [-0.15, -0.1) is 0 Å². The molecule has 2 rings (SSSR count). The minimum Gasteiger partial charge on any atom is -0.390 e. The number of fused-ring (bicyclic) bond motifs is 1. The van der Waals surface area contributed by atoms with Gasteiger partial charge in [-0.2, -0.15) is 0 Å². The lowest BCUT2D eigenvalue weighted by molar-refractivity contribution is -0.115. The summed E-state index contributed by atoms with van der Waals surface area (Å²) in [7, 11) is 0. The van der Waals surface area contributed by atoms with Crippen LogP contribution in [0.25, 0.3) is 0 Å². The van der Waals surface area contributed by atoms with Crippen molar-refractivity contribution in [3.05, 3.63) is 29.3 Å². The molecule has 0 fully saturated rings. The van der Waals surface area contributed by atoms with Gasteiger partial charge in [0.25, 0.3) is 0 Å².